The van der Waals surface area contributed by atoms with Gasteiger partial charge in [0.05, 0.1) is 12.0 Å². The first-order valence-electron chi connectivity index (χ1n) is 4.84. The average Bonchev–Trinajstić information content (AvgIpc) is 2.28. The van der Waals surface area contributed by atoms with Gasteiger partial charge in [0, 0.05) is 0 Å². The normalized spacial score (nSPS) is 11.9. The van der Waals surface area contributed by atoms with Gasteiger partial charge < -0.3 is 0 Å². The predicted octanol–water partition coefficient (Wildman–Crippen LogP) is 2.48. The van der Waals surface area contributed by atoms with Crippen LogP contribution in [0.15, 0.2) is 41.3 Å². The first-order valence-corrected chi connectivity index (χ1v) is 6.25. The molecule has 0 atom stereocenters. The Labute approximate surface area is 94.8 Å². The molecule has 0 aliphatic rings. The van der Waals surface area contributed by atoms with Crippen LogP contribution in [-0.4, -0.2) is 15.5 Å². The fourth-order valence-corrected chi connectivity index (χ4v) is 2.29. The van der Waals surface area contributed by atoms with Crippen LogP contribution in [0.1, 0.15) is 5.56 Å². The van der Waals surface area contributed by atoms with Gasteiger partial charge in [0.25, 0.3) is 10.1 Å². The van der Waals surface area contributed by atoms with E-state index in [1.807, 2.05) is 25.1 Å². The second-order valence-electron chi connectivity index (χ2n) is 3.63. The molecule has 0 radical (unpaired) electrons. The lowest BCUT2D eigenvalue weighted by molar-refractivity contribution is 0.398. The second-order valence-corrected chi connectivity index (χ2v) is 5.35. The maximum atomic E-state index is 11.5. The topological polar surface area (TPSA) is 43.4 Å². The van der Waals surface area contributed by atoms with Crippen LogP contribution >= 0.6 is 0 Å². The van der Waals surface area contributed by atoms with E-state index in [1.54, 1.807) is 18.2 Å². The lowest BCUT2D eigenvalue weighted by Gasteiger charge is -2.04. The third-order valence-electron chi connectivity index (χ3n) is 2.48. The predicted molar refractivity (Wildman–Crippen MR) is 62.9 cm³/mol. The highest BCUT2D eigenvalue weighted by atomic mass is 32.2. The summed E-state index contributed by atoms with van der Waals surface area (Å²) < 4.78 is 27.4. The molecule has 3 nitrogen and oxygen atoms in total. The summed E-state index contributed by atoms with van der Waals surface area (Å²) in [4.78, 5) is 0.186. The molecule has 0 unspecified atom stereocenters. The monoisotopic (exact) mass is 236 g/mol. The van der Waals surface area contributed by atoms with Crippen LogP contribution < -0.4 is 0 Å². The quantitative estimate of drug-likeness (QED) is 0.752. The van der Waals surface area contributed by atoms with E-state index in [4.69, 9.17) is 0 Å². The lowest BCUT2D eigenvalue weighted by atomic mass is 10.1. The number of benzene rings is 2. The minimum Gasteiger partial charge on any atom is -0.270 e. The van der Waals surface area contributed by atoms with Crippen molar-refractivity contribution in [3.8, 4) is 0 Å². The molecule has 4 heteroatoms. The highest BCUT2D eigenvalue weighted by Crippen LogP contribution is 2.21. The van der Waals surface area contributed by atoms with E-state index in [0.29, 0.717) is 0 Å². The molecule has 2 aromatic carbocycles. The van der Waals surface area contributed by atoms with E-state index in [2.05, 4.69) is 4.18 Å². The molecule has 0 aromatic heterocycles. The molecule has 0 heterocycles. The fraction of sp³-hybridized carbons (Fsp3) is 0.167. The molecule has 0 aliphatic heterocycles. The van der Waals surface area contributed by atoms with Crippen molar-refractivity contribution in [2.45, 2.75) is 11.8 Å². The van der Waals surface area contributed by atoms with Crippen molar-refractivity contribution in [1.82, 2.24) is 0 Å². The summed E-state index contributed by atoms with van der Waals surface area (Å²) in [6.07, 6.45) is 0. The minimum absolute atomic E-state index is 0.186. The van der Waals surface area contributed by atoms with Crippen molar-refractivity contribution in [3.05, 3.63) is 42.0 Å². The zero-order valence-corrected chi connectivity index (χ0v) is 9.91. The Morgan fingerprint density at radius 2 is 1.62 bits per heavy atom. The van der Waals surface area contributed by atoms with Gasteiger partial charge in [0.2, 0.25) is 0 Å². The van der Waals surface area contributed by atoms with Crippen molar-refractivity contribution in [2.24, 2.45) is 0 Å². The lowest BCUT2D eigenvalue weighted by Crippen LogP contribution is -2.02. The highest BCUT2D eigenvalue weighted by Gasteiger charge is 2.12. The Morgan fingerprint density at radius 1 is 1.00 bits per heavy atom. The van der Waals surface area contributed by atoms with Crippen LogP contribution in [0, 0.1) is 6.92 Å². The van der Waals surface area contributed by atoms with Crippen molar-refractivity contribution in [2.75, 3.05) is 7.11 Å². The van der Waals surface area contributed by atoms with Gasteiger partial charge in [-0.05, 0) is 29.8 Å². The van der Waals surface area contributed by atoms with E-state index in [0.717, 1.165) is 23.4 Å². The molecule has 0 fully saturated rings. The molecule has 0 N–H and O–H groups in total. The molecule has 84 valence electrons. The van der Waals surface area contributed by atoms with Gasteiger partial charge in [0.1, 0.15) is 0 Å². The van der Waals surface area contributed by atoms with Crippen LogP contribution in [0.2, 0.25) is 0 Å². The van der Waals surface area contributed by atoms with Gasteiger partial charge in [-0.1, -0.05) is 29.8 Å². The Bertz CT molecular complexity index is 630. The molecule has 0 spiro atoms. The van der Waals surface area contributed by atoms with Crippen LogP contribution in [0.3, 0.4) is 0 Å². The SMILES string of the molecule is COS(=O)(=O)c1ccc2cc(C)ccc2c1. The molecule has 0 aliphatic carbocycles. The number of rotatable bonds is 2. The fourth-order valence-electron chi connectivity index (χ4n) is 1.59. The van der Waals surface area contributed by atoms with Crippen LogP contribution in [-0.2, 0) is 14.3 Å². The van der Waals surface area contributed by atoms with Crippen LogP contribution in [0.25, 0.3) is 10.8 Å². The zero-order valence-electron chi connectivity index (χ0n) is 9.10. The minimum atomic E-state index is -3.60. The van der Waals surface area contributed by atoms with E-state index in [-0.39, 0.29) is 4.90 Å². The molecule has 2 aromatic rings. The molecule has 2 rings (SSSR count). The number of hydrogen-bond acceptors (Lipinski definition) is 3. The number of hydrogen-bond donors (Lipinski definition) is 0. The smallest absolute Gasteiger partial charge is 0.270 e. The largest absolute Gasteiger partial charge is 0.296 e. The van der Waals surface area contributed by atoms with Crippen molar-refractivity contribution in [3.63, 3.8) is 0 Å². The molecular weight excluding hydrogens is 224 g/mol. The van der Waals surface area contributed by atoms with E-state index < -0.39 is 10.1 Å². The Hall–Kier alpha value is -1.39. The Balaban J connectivity index is 2.66. The summed E-state index contributed by atoms with van der Waals surface area (Å²) in [5, 5.41) is 1.92. The van der Waals surface area contributed by atoms with E-state index >= 15 is 0 Å². The first kappa shape index (κ1) is 11.1. The molecular formula is C12H12O3S. The summed E-state index contributed by atoms with van der Waals surface area (Å²) in [5.74, 6) is 0. The van der Waals surface area contributed by atoms with Crippen molar-refractivity contribution < 1.29 is 12.6 Å². The number of aryl methyl sites for hydroxylation is 1. The standard InChI is InChI=1S/C12H12O3S/c1-9-3-4-11-8-12(16(13,14)15-2)6-5-10(11)7-9/h3-8H,1-2H3. The average molecular weight is 236 g/mol. The molecule has 0 saturated carbocycles. The van der Waals surface area contributed by atoms with Crippen molar-refractivity contribution in [1.29, 1.82) is 0 Å². The van der Waals surface area contributed by atoms with Gasteiger partial charge in [-0.15, -0.1) is 0 Å². The maximum Gasteiger partial charge on any atom is 0.296 e. The van der Waals surface area contributed by atoms with E-state index in [1.165, 1.54) is 0 Å². The summed E-state index contributed by atoms with van der Waals surface area (Å²) >= 11 is 0. The van der Waals surface area contributed by atoms with Crippen molar-refractivity contribution >= 4 is 20.9 Å². The summed E-state index contributed by atoms with van der Waals surface area (Å²) in [6.45, 7) is 2.00. The molecule has 0 amide bonds. The summed E-state index contributed by atoms with van der Waals surface area (Å²) in [5.41, 5.74) is 1.15. The molecule has 16 heavy (non-hydrogen) atoms. The van der Waals surface area contributed by atoms with Gasteiger partial charge in [-0.25, -0.2) is 0 Å². The summed E-state index contributed by atoms with van der Waals surface area (Å²) in [6, 6.07) is 10.8. The number of fused-ring (bicyclic) bond motifs is 1. The zero-order chi connectivity index (χ0) is 11.8. The van der Waals surface area contributed by atoms with Gasteiger partial charge >= 0.3 is 0 Å². The Morgan fingerprint density at radius 3 is 2.31 bits per heavy atom. The Kier molecular flexibility index (Phi) is 2.69. The maximum absolute atomic E-state index is 11.5. The van der Waals surface area contributed by atoms with Gasteiger partial charge in [-0.3, -0.25) is 4.18 Å². The van der Waals surface area contributed by atoms with Gasteiger partial charge in [-0.2, -0.15) is 8.42 Å². The van der Waals surface area contributed by atoms with Crippen LogP contribution in [0.5, 0.6) is 0 Å². The van der Waals surface area contributed by atoms with E-state index in [9.17, 15) is 8.42 Å². The van der Waals surface area contributed by atoms with Gasteiger partial charge in [0.15, 0.2) is 0 Å². The molecule has 0 bridgehead atoms. The first-order chi connectivity index (χ1) is 7.53. The summed E-state index contributed by atoms with van der Waals surface area (Å²) in [7, 11) is -2.44. The second kappa shape index (κ2) is 3.88. The third kappa shape index (κ3) is 1.94. The highest BCUT2D eigenvalue weighted by molar-refractivity contribution is 7.86. The van der Waals surface area contributed by atoms with Crippen LogP contribution in [0.4, 0.5) is 0 Å². The third-order valence-corrected chi connectivity index (χ3v) is 3.75. The molecule has 0 saturated heterocycles.